The van der Waals surface area contributed by atoms with Gasteiger partial charge in [0.25, 0.3) is 0 Å². The van der Waals surface area contributed by atoms with E-state index in [4.69, 9.17) is 37.9 Å². The van der Waals surface area contributed by atoms with E-state index in [-0.39, 0.29) is 6.61 Å². The van der Waals surface area contributed by atoms with Gasteiger partial charge in [-0.3, -0.25) is 18.7 Å². The normalized spacial score (nSPS) is 40.8. The highest BCUT2D eigenvalue weighted by Gasteiger charge is 2.59. The number of aliphatic carboxylic acids is 2. The molecule has 0 aliphatic carbocycles. The van der Waals surface area contributed by atoms with E-state index in [1.54, 1.807) is 0 Å². The van der Waals surface area contributed by atoms with Crippen molar-refractivity contribution in [3.8, 4) is 0 Å². The van der Waals surface area contributed by atoms with Crippen molar-refractivity contribution >= 4 is 44.6 Å². The zero-order valence-electron chi connectivity index (χ0n) is 33.0. The van der Waals surface area contributed by atoms with Gasteiger partial charge in [0.2, 0.25) is 11.8 Å². The maximum absolute atomic E-state index is 12.8. The van der Waals surface area contributed by atoms with Crippen molar-refractivity contribution in [2.24, 2.45) is 0 Å². The van der Waals surface area contributed by atoms with Crippen molar-refractivity contribution in [1.29, 1.82) is 0 Å². The van der Waals surface area contributed by atoms with Crippen LogP contribution in [-0.2, 0) is 86.2 Å². The Morgan fingerprint density at radius 2 is 0.984 bits per heavy atom. The molecular weight excluding hydrogens is 928 g/mol. The average Bonchev–Trinajstić information content (AvgIpc) is 3.18. The first-order valence-corrected chi connectivity index (χ1v) is 21.2. The summed E-state index contributed by atoms with van der Waals surface area (Å²) in [5, 5.41) is 98.6. The van der Waals surface area contributed by atoms with Gasteiger partial charge >= 0.3 is 32.7 Å². The number of hydrogen-bond acceptors (Lipinski definition) is 25. The lowest BCUT2D eigenvalue weighted by Gasteiger charge is -2.50. The molecule has 4 aliphatic heterocycles. The second-order valence-electron chi connectivity index (χ2n) is 14.3. The van der Waals surface area contributed by atoms with Gasteiger partial charge in [0.15, 0.2) is 37.4 Å². The van der Waals surface area contributed by atoms with Crippen LogP contribution in [0.1, 0.15) is 13.8 Å². The van der Waals surface area contributed by atoms with Crippen molar-refractivity contribution in [1.82, 2.24) is 10.6 Å². The summed E-state index contributed by atoms with van der Waals surface area (Å²) in [5.41, 5.74) is 0. The van der Waals surface area contributed by atoms with E-state index in [1.807, 2.05) is 0 Å². The van der Waals surface area contributed by atoms with Crippen LogP contribution in [0.25, 0.3) is 0 Å². The lowest BCUT2D eigenvalue weighted by atomic mass is 9.94. The summed E-state index contributed by atoms with van der Waals surface area (Å²) in [6.45, 7) is 2.54. The van der Waals surface area contributed by atoms with E-state index in [0.29, 0.717) is 0 Å². The van der Waals surface area contributed by atoms with Gasteiger partial charge in [-0.1, -0.05) is 6.08 Å². The fraction of sp³-hybridized carbons (Fsp3) is 0.806. The molecule has 64 heavy (non-hydrogen) atoms. The van der Waals surface area contributed by atoms with Crippen molar-refractivity contribution in [2.75, 3.05) is 19.8 Å². The number of nitrogens with one attached hydrogen (secondary N) is 2. The molecule has 2 amide bonds. The summed E-state index contributed by atoms with van der Waals surface area (Å²) in [6, 6.07) is -3.84. The van der Waals surface area contributed by atoms with Crippen molar-refractivity contribution in [3.05, 3.63) is 12.7 Å². The number of amides is 2. The smallest absolute Gasteiger partial charge is 0.397 e. The largest absolute Gasteiger partial charge is 0.479 e. The minimum absolute atomic E-state index is 0.312. The Morgan fingerprint density at radius 1 is 0.578 bits per heavy atom. The standard InChI is InChI=1S/C31H48N2O29S2/c1-4-5-53-28-12(32-8(2)36)21(19(10(6-34)54-28)61-63(47,48)49)56-31-18(42)16(40)23(25(60-31)27(45)46)58-29-13(33-9(3)37)22(20(11(7-35)55-29)62-64(50,51)52)57-30-17(41)14(38)15(39)24(59-30)26(43)44/h4,10-25,28-31,34-35,38-42H,1,5-7H2,2-3H3,(H,32,36)(H,33,37)(H,43,44)(H,45,46)(H,47,48,49)(H,50,51,52)/t10?,11?,12?,13?,14-,15-,16+,17?,18?,19-,20-,21+,22+,23-,24?,25?,28+,29-,30+,31+/m0/s1. The van der Waals surface area contributed by atoms with Crippen LogP contribution in [-0.4, -0.2) is 238 Å². The van der Waals surface area contributed by atoms with E-state index in [1.165, 1.54) is 6.08 Å². The number of carboxylic acid groups (broad SMARTS) is 2. The molecule has 0 aromatic heterocycles. The van der Waals surface area contributed by atoms with Crippen molar-refractivity contribution in [3.63, 3.8) is 0 Å². The molecule has 31 nitrogen and oxygen atoms in total. The van der Waals surface area contributed by atoms with Crippen LogP contribution in [0.2, 0.25) is 0 Å². The summed E-state index contributed by atoms with van der Waals surface area (Å²) in [5.74, 6) is -5.88. The summed E-state index contributed by atoms with van der Waals surface area (Å²) in [7, 11) is -11.1. The Kier molecular flexibility index (Phi) is 18.4. The Bertz CT molecular complexity index is 1880. The maximum Gasteiger partial charge on any atom is 0.397 e. The molecule has 4 saturated heterocycles. The number of carboxylic acids is 2. The van der Waals surface area contributed by atoms with Gasteiger partial charge in [0.1, 0.15) is 85.3 Å². The van der Waals surface area contributed by atoms with Crippen molar-refractivity contribution < 1.29 is 137 Å². The molecule has 0 aromatic rings. The number of aliphatic hydroxyl groups excluding tert-OH is 7. The molecule has 4 fully saturated rings. The zero-order chi connectivity index (χ0) is 48.2. The molecule has 0 spiro atoms. The predicted octanol–water partition coefficient (Wildman–Crippen LogP) is -8.41. The molecule has 4 aliphatic rings. The van der Waals surface area contributed by atoms with Crippen LogP contribution in [0.15, 0.2) is 12.7 Å². The van der Waals surface area contributed by atoms with Crippen LogP contribution >= 0.6 is 0 Å². The monoisotopic (exact) mass is 976 g/mol. The van der Waals surface area contributed by atoms with Crippen LogP contribution < -0.4 is 10.6 Å². The number of aliphatic hydroxyl groups is 7. The number of ether oxygens (including phenoxy) is 8. The van der Waals surface area contributed by atoms with Crippen LogP contribution in [0.4, 0.5) is 0 Å². The highest BCUT2D eigenvalue weighted by atomic mass is 32.3. The van der Waals surface area contributed by atoms with Gasteiger partial charge in [-0.15, -0.1) is 6.58 Å². The fourth-order valence-corrected chi connectivity index (χ4v) is 8.09. The highest BCUT2D eigenvalue weighted by molar-refractivity contribution is 7.81. The number of rotatable bonds is 19. The fourth-order valence-electron chi connectivity index (χ4n) is 7.06. The lowest BCUT2D eigenvalue weighted by molar-refractivity contribution is -0.367. The van der Waals surface area contributed by atoms with Crippen LogP contribution in [0.3, 0.4) is 0 Å². The van der Waals surface area contributed by atoms with Gasteiger partial charge in [-0.25, -0.2) is 18.0 Å². The first-order chi connectivity index (χ1) is 29.7. The molecule has 368 valence electrons. The first-order valence-electron chi connectivity index (χ1n) is 18.5. The molecular formula is C31H48N2O29S2. The summed E-state index contributed by atoms with van der Waals surface area (Å²) >= 11 is 0. The SMILES string of the molecule is C=CCO[C@@H]1OC(CO)[C@H](OS(=O)(=O)O)[C@H](O[C@@H]2OC(C(=O)O)[C@@H](O[C@@H]3OC(CO)[C@H](OS(=O)(=O)O)[C@H](O[C@@H]4OC(C(=O)O)[C@@H](O)[C@H](O)C4O)C3NC(C)=O)[C@H](O)C2O)C1NC(C)=O. The van der Waals surface area contributed by atoms with Gasteiger partial charge < -0.3 is 94.5 Å². The molecule has 0 saturated carbocycles. The average molecular weight is 977 g/mol. The van der Waals surface area contributed by atoms with E-state index in [9.17, 15) is 91.1 Å². The molecule has 0 bridgehead atoms. The number of hydrogen-bond donors (Lipinski definition) is 13. The van der Waals surface area contributed by atoms with Crippen molar-refractivity contribution in [2.45, 2.75) is 137 Å². The Balaban J connectivity index is 1.75. The Labute approximate surface area is 361 Å². The molecule has 4 rings (SSSR count). The van der Waals surface area contributed by atoms with E-state index < -0.39 is 180 Å². The third-order valence-corrected chi connectivity index (χ3v) is 10.6. The molecule has 20 atom stereocenters. The quantitative estimate of drug-likeness (QED) is 0.0422. The second-order valence-corrected chi connectivity index (χ2v) is 16.4. The third kappa shape index (κ3) is 13.0. The molecule has 4 heterocycles. The first kappa shape index (κ1) is 53.4. The lowest BCUT2D eigenvalue weighted by Crippen LogP contribution is -2.71. The highest BCUT2D eigenvalue weighted by Crippen LogP contribution is 2.36. The Morgan fingerprint density at radius 3 is 1.39 bits per heavy atom. The minimum Gasteiger partial charge on any atom is -0.479 e. The molecule has 0 radical (unpaired) electrons. The third-order valence-electron chi connectivity index (χ3n) is 9.71. The van der Waals surface area contributed by atoms with Gasteiger partial charge in [0, 0.05) is 13.8 Å². The second kappa shape index (κ2) is 22.0. The predicted molar refractivity (Wildman–Crippen MR) is 193 cm³/mol. The van der Waals surface area contributed by atoms with Gasteiger partial charge in [-0.2, -0.15) is 16.8 Å². The van der Waals surface area contributed by atoms with E-state index in [0.717, 1.165) is 13.8 Å². The maximum atomic E-state index is 12.8. The number of carbonyl (C=O) groups excluding carboxylic acids is 2. The zero-order valence-corrected chi connectivity index (χ0v) is 34.7. The van der Waals surface area contributed by atoms with Gasteiger partial charge in [0.05, 0.1) is 19.8 Å². The minimum atomic E-state index is -5.60. The van der Waals surface area contributed by atoms with E-state index >= 15 is 0 Å². The molecule has 0 aromatic carbocycles. The molecule has 33 heteroatoms. The number of carbonyl (C=O) groups is 4. The summed E-state index contributed by atoms with van der Waals surface area (Å²) < 4.78 is 121. The Hall–Kier alpha value is -3.24. The van der Waals surface area contributed by atoms with E-state index in [2.05, 4.69) is 25.6 Å². The summed E-state index contributed by atoms with van der Waals surface area (Å²) in [6.07, 6.45) is -39.7. The molecule has 13 N–H and O–H groups in total. The molecule has 8 unspecified atom stereocenters. The van der Waals surface area contributed by atoms with Crippen LogP contribution in [0.5, 0.6) is 0 Å². The summed E-state index contributed by atoms with van der Waals surface area (Å²) in [4.78, 5) is 49.4. The van der Waals surface area contributed by atoms with Gasteiger partial charge in [-0.05, 0) is 0 Å². The van der Waals surface area contributed by atoms with Crippen LogP contribution in [0, 0.1) is 0 Å². The topological polar surface area (TPSA) is 475 Å².